The fraction of sp³-hybridized carbons (Fsp3) is 0.176. The van der Waals surface area contributed by atoms with Crippen molar-refractivity contribution in [3.05, 3.63) is 66.4 Å². The van der Waals surface area contributed by atoms with Gasteiger partial charge in [0, 0.05) is 18.3 Å². The summed E-state index contributed by atoms with van der Waals surface area (Å²) in [7, 11) is -3.12. The zero-order valence-electron chi connectivity index (χ0n) is 11.9. The minimum Gasteiger partial charge on any atom is -0.343 e. The van der Waals surface area contributed by atoms with Gasteiger partial charge >= 0.3 is 0 Å². The molecule has 4 heteroatoms. The SMILES string of the molecule is CCS(=O)(=O)c1ccc(Cn2ccc3ccccc32)cc1. The molecule has 0 aliphatic carbocycles. The Labute approximate surface area is 124 Å². The summed E-state index contributed by atoms with van der Waals surface area (Å²) in [5.41, 5.74) is 2.27. The Morgan fingerprint density at radius 1 is 0.952 bits per heavy atom. The van der Waals surface area contributed by atoms with Gasteiger partial charge in [-0.1, -0.05) is 37.3 Å². The van der Waals surface area contributed by atoms with Crippen molar-refractivity contribution in [2.75, 3.05) is 5.75 Å². The van der Waals surface area contributed by atoms with Gasteiger partial charge in [-0.2, -0.15) is 0 Å². The third-order valence-electron chi connectivity index (χ3n) is 3.70. The Kier molecular flexibility index (Phi) is 3.55. The Hall–Kier alpha value is -2.07. The summed E-state index contributed by atoms with van der Waals surface area (Å²) in [6.07, 6.45) is 2.06. The maximum Gasteiger partial charge on any atom is 0.178 e. The first kappa shape index (κ1) is 13.9. The summed E-state index contributed by atoms with van der Waals surface area (Å²) < 4.78 is 25.8. The molecule has 0 aliphatic heterocycles. The van der Waals surface area contributed by atoms with Crippen LogP contribution < -0.4 is 0 Å². The molecule has 0 atom stereocenters. The van der Waals surface area contributed by atoms with Gasteiger partial charge in [-0.25, -0.2) is 8.42 Å². The molecular weight excluding hydrogens is 282 g/mol. The van der Waals surface area contributed by atoms with Crippen molar-refractivity contribution < 1.29 is 8.42 Å². The highest BCUT2D eigenvalue weighted by atomic mass is 32.2. The van der Waals surface area contributed by atoms with Gasteiger partial charge in [0.05, 0.1) is 10.6 Å². The zero-order chi connectivity index (χ0) is 14.9. The normalized spacial score (nSPS) is 11.9. The second-order valence-corrected chi connectivity index (χ2v) is 7.33. The summed E-state index contributed by atoms with van der Waals surface area (Å²) in [5, 5.41) is 1.21. The van der Waals surface area contributed by atoms with Crippen LogP contribution in [-0.4, -0.2) is 18.7 Å². The van der Waals surface area contributed by atoms with Crippen LogP contribution in [0.2, 0.25) is 0 Å². The van der Waals surface area contributed by atoms with Crippen molar-refractivity contribution in [1.82, 2.24) is 4.57 Å². The van der Waals surface area contributed by atoms with Crippen LogP contribution in [0.25, 0.3) is 10.9 Å². The quantitative estimate of drug-likeness (QED) is 0.740. The van der Waals surface area contributed by atoms with Gasteiger partial charge < -0.3 is 4.57 Å². The third kappa shape index (κ3) is 2.72. The van der Waals surface area contributed by atoms with Crippen LogP contribution in [0.5, 0.6) is 0 Å². The van der Waals surface area contributed by atoms with Gasteiger partial charge in [-0.05, 0) is 35.2 Å². The molecule has 3 aromatic rings. The fourth-order valence-electron chi connectivity index (χ4n) is 2.44. The molecule has 3 nitrogen and oxygen atoms in total. The number of hydrogen-bond acceptors (Lipinski definition) is 2. The molecule has 0 N–H and O–H groups in total. The highest BCUT2D eigenvalue weighted by Crippen LogP contribution is 2.18. The number of benzene rings is 2. The van der Waals surface area contributed by atoms with Crippen LogP contribution in [-0.2, 0) is 16.4 Å². The molecule has 0 unspecified atom stereocenters. The molecule has 3 rings (SSSR count). The Bertz CT molecular complexity index is 861. The smallest absolute Gasteiger partial charge is 0.178 e. The largest absolute Gasteiger partial charge is 0.343 e. The van der Waals surface area contributed by atoms with Crippen molar-refractivity contribution in [3.63, 3.8) is 0 Å². The number of nitrogens with zero attached hydrogens (tertiary/aromatic N) is 1. The summed E-state index contributed by atoms with van der Waals surface area (Å²) in [4.78, 5) is 0.395. The molecule has 1 aromatic heterocycles. The van der Waals surface area contributed by atoms with Crippen LogP contribution in [0.15, 0.2) is 65.7 Å². The molecule has 21 heavy (non-hydrogen) atoms. The molecular formula is C17H17NO2S. The topological polar surface area (TPSA) is 39.1 Å². The lowest BCUT2D eigenvalue weighted by molar-refractivity contribution is 0.597. The molecule has 2 aromatic carbocycles. The zero-order valence-corrected chi connectivity index (χ0v) is 12.7. The molecule has 0 aliphatic rings. The van der Waals surface area contributed by atoms with E-state index in [-0.39, 0.29) is 5.75 Å². The van der Waals surface area contributed by atoms with E-state index in [0.29, 0.717) is 4.90 Å². The first-order chi connectivity index (χ1) is 10.1. The van der Waals surface area contributed by atoms with Gasteiger partial charge in [-0.15, -0.1) is 0 Å². The van der Waals surface area contributed by atoms with Crippen molar-refractivity contribution in [1.29, 1.82) is 0 Å². The highest BCUT2D eigenvalue weighted by Gasteiger charge is 2.10. The van der Waals surface area contributed by atoms with E-state index >= 15 is 0 Å². The first-order valence-corrected chi connectivity index (χ1v) is 8.61. The van der Waals surface area contributed by atoms with E-state index in [1.54, 1.807) is 19.1 Å². The van der Waals surface area contributed by atoms with Crippen LogP contribution in [0.4, 0.5) is 0 Å². The Balaban J connectivity index is 1.89. The Morgan fingerprint density at radius 2 is 1.67 bits per heavy atom. The summed E-state index contributed by atoms with van der Waals surface area (Å²) >= 11 is 0. The number of fused-ring (bicyclic) bond motifs is 1. The summed E-state index contributed by atoms with van der Waals surface area (Å²) in [5.74, 6) is 0.134. The van der Waals surface area contributed by atoms with E-state index in [4.69, 9.17) is 0 Å². The van der Waals surface area contributed by atoms with Crippen LogP contribution >= 0.6 is 0 Å². The van der Waals surface area contributed by atoms with Gasteiger partial charge in [0.2, 0.25) is 0 Å². The second kappa shape index (κ2) is 5.37. The van der Waals surface area contributed by atoms with Gasteiger partial charge in [0.1, 0.15) is 0 Å². The van der Waals surface area contributed by atoms with E-state index < -0.39 is 9.84 Å². The molecule has 0 amide bonds. The molecule has 0 saturated heterocycles. The van der Waals surface area contributed by atoms with Crippen LogP contribution in [0.3, 0.4) is 0 Å². The standard InChI is InChI=1S/C17H17NO2S/c1-2-21(19,20)16-9-7-14(8-10-16)13-18-12-11-15-5-3-4-6-17(15)18/h3-12H,2,13H2,1H3. The number of rotatable bonds is 4. The third-order valence-corrected chi connectivity index (χ3v) is 5.45. The predicted octanol–water partition coefficient (Wildman–Crippen LogP) is 3.48. The van der Waals surface area contributed by atoms with E-state index in [1.807, 2.05) is 24.3 Å². The Morgan fingerprint density at radius 3 is 2.38 bits per heavy atom. The second-order valence-electron chi connectivity index (χ2n) is 5.05. The van der Waals surface area contributed by atoms with E-state index in [2.05, 4.69) is 29.0 Å². The fourth-order valence-corrected chi connectivity index (χ4v) is 3.33. The van der Waals surface area contributed by atoms with Crippen molar-refractivity contribution in [2.24, 2.45) is 0 Å². The van der Waals surface area contributed by atoms with Gasteiger partial charge in [-0.3, -0.25) is 0 Å². The number of aromatic nitrogens is 1. The molecule has 108 valence electrons. The molecule has 1 heterocycles. The van der Waals surface area contributed by atoms with Crippen LogP contribution in [0, 0.1) is 0 Å². The molecule has 0 fully saturated rings. The van der Waals surface area contributed by atoms with Crippen molar-refractivity contribution in [3.8, 4) is 0 Å². The van der Waals surface area contributed by atoms with Gasteiger partial charge in [0.15, 0.2) is 9.84 Å². The monoisotopic (exact) mass is 299 g/mol. The number of hydrogen-bond donors (Lipinski definition) is 0. The van der Waals surface area contributed by atoms with Gasteiger partial charge in [0.25, 0.3) is 0 Å². The summed E-state index contributed by atoms with van der Waals surface area (Å²) in [6.45, 7) is 2.40. The molecule has 0 spiro atoms. The summed E-state index contributed by atoms with van der Waals surface area (Å²) in [6, 6.07) is 17.5. The maximum absolute atomic E-state index is 11.8. The lowest BCUT2D eigenvalue weighted by atomic mass is 10.2. The minimum atomic E-state index is -3.12. The molecule has 0 saturated carbocycles. The van der Waals surface area contributed by atoms with E-state index in [1.165, 1.54) is 10.9 Å². The molecule has 0 radical (unpaired) electrons. The van der Waals surface area contributed by atoms with Crippen molar-refractivity contribution in [2.45, 2.75) is 18.4 Å². The maximum atomic E-state index is 11.8. The average Bonchev–Trinajstić information content (AvgIpc) is 2.91. The predicted molar refractivity (Wildman–Crippen MR) is 85.2 cm³/mol. The number of sulfone groups is 1. The average molecular weight is 299 g/mol. The van der Waals surface area contributed by atoms with Crippen molar-refractivity contribution >= 4 is 20.7 Å². The first-order valence-electron chi connectivity index (χ1n) is 6.96. The highest BCUT2D eigenvalue weighted by molar-refractivity contribution is 7.91. The number of para-hydroxylation sites is 1. The lowest BCUT2D eigenvalue weighted by Gasteiger charge is -2.07. The van der Waals surface area contributed by atoms with Crippen LogP contribution in [0.1, 0.15) is 12.5 Å². The minimum absolute atomic E-state index is 0.134. The molecule has 0 bridgehead atoms. The van der Waals surface area contributed by atoms with E-state index in [0.717, 1.165) is 12.1 Å². The van der Waals surface area contributed by atoms with E-state index in [9.17, 15) is 8.42 Å². The lowest BCUT2D eigenvalue weighted by Crippen LogP contribution is -2.04.